The molecule has 15 heavy (non-hydrogen) atoms. The quantitative estimate of drug-likeness (QED) is 0.748. The molecule has 1 aromatic carbocycles. The predicted molar refractivity (Wildman–Crippen MR) is 62.5 cm³/mol. The molecule has 0 aromatic heterocycles. The number of aryl methyl sites for hydroxylation is 1. The van der Waals surface area contributed by atoms with E-state index in [1.807, 2.05) is 19.1 Å². The first-order chi connectivity index (χ1) is 7.27. The lowest BCUT2D eigenvalue weighted by Crippen LogP contribution is -2.20. The van der Waals surface area contributed by atoms with Crippen molar-refractivity contribution >= 4 is 5.91 Å². The third-order valence-corrected chi connectivity index (χ3v) is 2.27. The Balaban J connectivity index is 2.60. The maximum atomic E-state index is 11.2. The van der Waals surface area contributed by atoms with Gasteiger partial charge in [0.05, 0.1) is 0 Å². The number of amides is 1. The maximum absolute atomic E-state index is 11.2. The molecule has 0 atom stereocenters. The zero-order valence-electron chi connectivity index (χ0n) is 9.29. The number of hydrogen-bond acceptors (Lipinski definition) is 1. The highest BCUT2D eigenvalue weighted by Gasteiger charge is 2.00. The molecule has 0 aliphatic carbocycles. The van der Waals surface area contributed by atoms with E-state index in [1.54, 1.807) is 6.08 Å². The number of carbonyl (C=O) groups is 1. The van der Waals surface area contributed by atoms with Crippen molar-refractivity contribution in [1.82, 2.24) is 5.32 Å². The molecule has 2 heteroatoms. The molecular formula is C13H17NO. The summed E-state index contributed by atoms with van der Waals surface area (Å²) in [7, 11) is 0. The van der Waals surface area contributed by atoms with Crippen molar-refractivity contribution < 1.29 is 4.79 Å². The molecule has 0 aliphatic rings. The fourth-order valence-electron chi connectivity index (χ4n) is 1.47. The summed E-state index contributed by atoms with van der Waals surface area (Å²) in [5.41, 5.74) is 2.48. The fraction of sp³-hybridized carbons (Fsp3) is 0.308. The Labute approximate surface area is 91.0 Å². The van der Waals surface area contributed by atoms with E-state index in [4.69, 9.17) is 0 Å². The first-order valence-corrected chi connectivity index (χ1v) is 5.25. The molecule has 1 aromatic rings. The molecule has 0 heterocycles. The molecule has 0 aliphatic heterocycles. The van der Waals surface area contributed by atoms with Crippen LogP contribution in [0.3, 0.4) is 0 Å². The van der Waals surface area contributed by atoms with Gasteiger partial charge in [0.15, 0.2) is 0 Å². The lowest BCUT2D eigenvalue weighted by Gasteiger charge is -2.07. The van der Waals surface area contributed by atoms with Gasteiger partial charge in [-0.05, 0) is 30.5 Å². The van der Waals surface area contributed by atoms with Gasteiger partial charge < -0.3 is 5.32 Å². The highest BCUT2D eigenvalue weighted by molar-refractivity contribution is 5.87. The Morgan fingerprint density at radius 1 is 1.33 bits per heavy atom. The first-order valence-electron chi connectivity index (χ1n) is 5.25. The van der Waals surface area contributed by atoms with Crippen LogP contribution in [0.2, 0.25) is 0 Å². The molecule has 0 radical (unpaired) electrons. The third-order valence-electron chi connectivity index (χ3n) is 2.27. The molecule has 0 bridgehead atoms. The van der Waals surface area contributed by atoms with Crippen molar-refractivity contribution in [3.8, 4) is 0 Å². The number of benzene rings is 1. The van der Waals surface area contributed by atoms with Gasteiger partial charge in [-0.15, -0.1) is 0 Å². The number of nitrogens with one attached hydrogen (secondary N) is 1. The number of hydrogen-bond donors (Lipinski definition) is 1. The largest absolute Gasteiger partial charge is 0.348 e. The van der Waals surface area contributed by atoms with Crippen molar-refractivity contribution in [2.75, 3.05) is 0 Å². The van der Waals surface area contributed by atoms with Gasteiger partial charge in [-0.2, -0.15) is 0 Å². The normalized spacial score (nSPS) is 10.5. The van der Waals surface area contributed by atoms with Gasteiger partial charge in [-0.3, -0.25) is 4.79 Å². The Morgan fingerprint density at radius 2 is 2.00 bits per heavy atom. The van der Waals surface area contributed by atoms with E-state index in [0.717, 1.165) is 6.42 Å². The Morgan fingerprint density at radius 3 is 2.60 bits per heavy atom. The summed E-state index contributed by atoms with van der Waals surface area (Å²) in [6, 6.07) is 8.17. The van der Waals surface area contributed by atoms with Crippen LogP contribution in [0.1, 0.15) is 25.0 Å². The Hall–Kier alpha value is -1.57. The van der Waals surface area contributed by atoms with Crippen molar-refractivity contribution in [3.05, 3.63) is 47.5 Å². The van der Waals surface area contributed by atoms with Gasteiger partial charge in [0.2, 0.25) is 5.91 Å². The van der Waals surface area contributed by atoms with Crippen LogP contribution >= 0.6 is 0 Å². The van der Waals surface area contributed by atoms with Crippen LogP contribution in [0, 0.1) is 0 Å². The standard InChI is InChI=1S/C13H17NO/c1-3-7-13(15)14-10-12-9-6-5-8-11(12)4-2/h3,5-9H,4,10H2,1-2H3,(H,14,15). The second kappa shape index (κ2) is 6.02. The Kier molecular flexibility index (Phi) is 4.61. The van der Waals surface area contributed by atoms with Gasteiger partial charge in [-0.25, -0.2) is 0 Å². The second-order valence-electron chi connectivity index (χ2n) is 3.34. The summed E-state index contributed by atoms with van der Waals surface area (Å²) < 4.78 is 0. The summed E-state index contributed by atoms with van der Waals surface area (Å²) in [6.45, 7) is 4.55. The lowest BCUT2D eigenvalue weighted by molar-refractivity contribution is -0.116. The third kappa shape index (κ3) is 3.58. The topological polar surface area (TPSA) is 29.1 Å². The summed E-state index contributed by atoms with van der Waals surface area (Å²) in [5, 5.41) is 2.85. The van der Waals surface area contributed by atoms with Crippen molar-refractivity contribution in [3.63, 3.8) is 0 Å². The van der Waals surface area contributed by atoms with Gasteiger partial charge in [0.25, 0.3) is 0 Å². The molecule has 1 rings (SSSR count). The van der Waals surface area contributed by atoms with E-state index in [0.29, 0.717) is 6.54 Å². The average molecular weight is 203 g/mol. The molecule has 1 N–H and O–H groups in total. The van der Waals surface area contributed by atoms with Gasteiger partial charge >= 0.3 is 0 Å². The van der Waals surface area contributed by atoms with Crippen molar-refractivity contribution in [2.45, 2.75) is 26.8 Å². The van der Waals surface area contributed by atoms with Gasteiger partial charge in [-0.1, -0.05) is 37.3 Å². The summed E-state index contributed by atoms with van der Waals surface area (Å²) in [5.74, 6) is -0.0385. The number of rotatable bonds is 4. The van der Waals surface area contributed by atoms with Crippen LogP contribution in [-0.2, 0) is 17.8 Å². The van der Waals surface area contributed by atoms with Crippen LogP contribution in [-0.4, -0.2) is 5.91 Å². The number of allylic oxidation sites excluding steroid dienone is 1. The van der Waals surface area contributed by atoms with Gasteiger partial charge in [0.1, 0.15) is 0 Å². The molecule has 0 fully saturated rings. The van der Waals surface area contributed by atoms with Crippen LogP contribution < -0.4 is 5.32 Å². The molecule has 1 amide bonds. The monoisotopic (exact) mass is 203 g/mol. The maximum Gasteiger partial charge on any atom is 0.243 e. The minimum absolute atomic E-state index is 0.0385. The predicted octanol–water partition coefficient (Wildman–Crippen LogP) is 2.44. The molecular weight excluding hydrogens is 186 g/mol. The SMILES string of the molecule is CC=CC(=O)NCc1ccccc1CC. The average Bonchev–Trinajstić information content (AvgIpc) is 2.27. The fourth-order valence-corrected chi connectivity index (χ4v) is 1.47. The van der Waals surface area contributed by atoms with Crippen LogP contribution in [0.25, 0.3) is 0 Å². The van der Waals surface area contributed by atoms with Crippen LogP contribution in [0.4, 0.5) is 0 Å². The smallest absolute Gasteiger partial charge is 0.243 e. The zero-order chi connectivity index (χ0) is 11.1. The Bertz CT molecular complexity index is 355. The molecule has 0 saturated heterocycles. The lowest BCUT2D eigenvalue weighted by atomic mass is 10.1. The van der Waals surface area contributed by atoms with E-state index in [9.17, 15) is 4.79 Å². The highest BCUT2D eigenvalue weighted by atomic mass is 16.1. The van der Waals surface area contributed by atoms with E-state index in [-0.39, 0.29) is 5.91 Å². The highest BCUT2D eigenvalue weighted by Crippen LogP contribution is 2.08. The molecule has 80 valence electrons. The van der Waals surface area contributed by atoms with E-state index >= 15 is 0 Å². The van der Waals surface area contributed by atoms with E-state index in [1.165, 1.54) is 17.2 Å². The van der Waals surface area contributed by atoms with E-state index < -0.39 is 0 Å². The summed E-state index contributed by atoms with van der Waals surface area (Å²) >= 11 is 0. The first kappa shape index (κ1) is 11.5. The van der Waals surface area contributed by atoms with Crippen LogP contribution in [0.15, 0.2) is 36.4 Å². The molecule has 2 nitrogen and oxygen atoms in total. The van der Waals surface area contributed by atoms with Crippen LogP contribution in [0.5, 0.6) is 0 Å². The second-order valence-corrected chi connectivity index (χ2v) is 3.34. The van der Waals surface area contributed by atoms with Crippen molar-refractivity contribution in [2.24, 2.45) is 0 Å². The van der Waals surface area contributed by atoms with Crippen molar-refractivity contribution in [1.29, 1.82) is 0 Å². The zero-order valence-corrected chi connectivity index (χ0v) is 9.29. The number of carbonyl (C=O) groups excluding carboxylic acids is 1. The molecule has 0 saturated carbocycles. The van der Waals surface area contributed by atoms with Gasteiger partial charge in [0, 0.05) is 6.54 Å². The van der Waals surface area contributed by atoms with E-state index in [2.05, 4.69) is 24.4 Å². The minimum atomic E-state index is -0.0385. The molecule has 0 unspecified atom stereocenters. The summed E-state index contributed by atoms with van der Waals surface area (Å²) in [6.07, 6.45) is 4.27. The minimum Gasteiger partial charge on any atom is -0.348 e. The molecule has 0 spiro atoms. The summed E-state index contributed by atoms with van der Waals surface area (Å²) in [4.78, 5) is 11.2.